The number of benzene rings is 3. The van der Waals surface area contributed by atoms with Crippen molar-refractivity contribution in [3.63, 3.8) is 0 Å². The number of nitrogens with zero attached hydrogens (tertiary/aromatic N) is 2. The predicted octanol–water partition coefficient (Wildman–Crippen LogP) is 7.52. The van der Waals surface area contributed by atoms with Gasteiger partial charge < -0.3 is 18.8 Å². The van der Waals surface area contributed by atoms with Gasteiger partial charge in [0.05, 0.1) is 48.0 Å². The predicted molar refractivity (Wildman–Crippen MR) is 181 cm³/mol. The van der Waals surface area contributed by atoms with Crippen molar-refractivity contribution in [1.82, 2.24) is 9.55 Å². The van der Waals surface area contributed by atoms with Crippen LogP contribution in [0.3, 0.4) is 0 Å². The van der Waals surface area contributed by atoms with E-state index in [9.17, 15) is 9.00 Å². The standard InChI is InChI=1S/C37H44N2O5S/c1-6-8-19-43-20-21-44-34-15-12-30(13-16-34)32-22-27(3)37(42-5)31(24-32)11-14-33(40)23-29-9-17-35(18-10-29)45(41)25-36-28(4)38-26-39(36)7-2/h9-18,22,24,26H,6-8,19-21,23,25H2,1-5H3/b14-11+/t45-/m1/s1. The zero-order chi connectivity index (χ0) is 32.2. The van der Waals surface area contributed by atoms with Crippen LogP contribution in [0.25, 0.3) is 17.2 Å². The summed E-state index contributed by atoms with van der Waals surface area (Å²) in [7, 11) is 0.442. The van der Waals surface area contributed by atoms with Gasteiger partial charge in [-0.15, -0.1) is 0 Å². The molecule has 3 aromatic carbocycles. The zero-order valence-corrected chi connectivity index (χ0v) is 27.8. The molecule has 7 nitrogen and oxygen atoms in total. The Morgan fingerprint density at radius 3 is 2.40 bits per heavy atom. The summed E-state index contributed by atoms with van der Waals surface area (Å²) in [6, 6.07) is 19.5. The van der Waals surface area contributed by atoms with E-state index in [4.69, 9.17) is 14.2 Å². The molecule has 0 aliphatic carbocycles. The number of rotatable bonds is 17. The molecule has 0 bridgehead atoms. The molecular formula is C37H44N2O5S. The average molecular weight is 629 g/mol. The molecule has 0 unspecified atom stereocenters. The summed E-state index contributed by atoms with van der Waals surface area (Å²) in [4.78, 5) is 18.0. The van der Waals surface area contributed by atoms with Gasteiger partial charge in [-0.25, -0.2) is 4.98 Å². The molecule has 1 atom stereocenters. The molecule has 1 heterocycles. The van der Waals surface area contributed by atoms with Crippen molar-refractivity contribution in [1.29, 1.82) is 0 Å². The number of carbonyl (C=O) groups excluding carboxylic acids is 1. The second-order valence-corrected chi connectivity index (χ2v) is 12.4. The van der Waals surface area contributed by atoms with Crippen molar-refractivity contribution in [3.8, 4) is 22.6 Å². The normalized spacial score (nSPS) is 12.0. The van der Waals surface area contributed by atoms with E-state index >= 15 is 0 Å². The number of imidazole rings is 1. The van der Waals surface area contributed by atoms with E-state index in [0.717, 1.165) is 81.6 Å². The SMILES string of the molecule is CCCCOCCOc1ccc(-c2cc(C)c(OC)c(/C=C/C(=O)Cc3ccc([S@](=O)Cc4c(C)ncn4CC)cc3)c2)cc1. The van der Waals surface area contributed by atoms with Gasteiger partial charge >= 0.3 is 0 Å². The van der Waals surface area contributed by atoms with Gasteiger partial charge in [-0.2, -0.15) is 0 Å². The molecule has 0 radical (unpaired) electrons. The lowest BCUT2D eigenvalue weighted by Crippen LogP contribution is -2.07. The Hall–Kier alpha value is -4.01. The first-order valence-electron chi connectivity index (χ1n) is 15.5. The van der Waals surface area contributed by atoms with Gasteiger partial charge in [0, 0.05) is 30.0 Å². The summed E-state index contributed by atoms with van der Waals surface area (Å²) < 4.78 is 32.1. The van der Waals surface area contributed by atoms with Crippen LogP contribution in [0.5, 0.6) is 11.5 Å². The number of ketones is 1. The number of hydrogen-bond donors (Lipinski definition) is 0. The fourth-order valence-corrected chi connectivity index (χ4v) is 6.29. The maximum atomic E-state index is 13.0. The Kier molecular flexibility index (Phi) is 12.7. The molecule has 45 heavy (non-hydrogen) atoms. The van der Waals surface area contributed by atoms with Gasteiger partial charge in [-0.05, 0) is 98.0 Å². The highest BCUT2D eigenvalue weighted by Gasteiger charge is 2.13. The number of unbranched alkanes of at least 4 members (excludes halogenated alkanes) is 1. The Morgan fingerprint density at radius 1 is 0.956 bits per heavy atom. The van der Waals surface area contributed by atoms with Crippen LogP contribution in [0.4, 0.5) is 0 Å². The van der Waals surface area contributed by atoms with Gasteiger partial charge in [-0.3, -0.25) is 9.00 Å². The highest BCUT2D eigenvalue weighted by molar-refractivity contribution is 7.84. The second-order valence-electron chi connectivity index (χ2n) is 10.9. The second kappa shape index (κ2) is 16.9. The monoisotopic (exact) mass is 628 g/mol. The molecule has 0 N–H and O–H groups in total. The van der Waals surface area contributed by atoms with Crippen LogP contribution in [0.1, 0.15) is 54.8 Å². The highest BCUT2D eigenvalue weighted by Crippen LogP contribution is 2.32. The molecule has 0 saturated heterocycles. The Labute approximate surface area is 269 Å². The molecule has 8 heteroatoms. The lowest BCUT2D eigenvalue weighted by atomic mass is 9.98. The number of carbonyl (C=O) groups is 1. The fraction of sp³-hybridized carbons (Fsp3) is 0.351. The molecule has 0 aliphatic rings. The van der Waals surface area contributed by atoms with E-state index in [1.807, 2.05) is 86.0 Å². The van der Waals surface area contributed by atoms with Crippen LogP contribution in [0.15, 0.2) is 78.0 Å². The molecule has 0 fully saturated rings. The average Bonchev–Trinajstić information content (AvgIpc) is 3.40. The third-order valence-electron chi connectivity index (χ3n) is 7.61. The minimum atomic E-state index is -1.20. The van der Waals surface area contributed by atoms with Crippen molar-refractivity contribution in [2.24, 2.45) is 0 Å². The van der Waals surface area contributed by atoms with Crippen LogP contribution in [-0.2, 0) is 39.0 Å². The van der Waals surface area contributed by atoms with Gasteiger partial charge in [0.1, 0.15) is 18.1 Å². The number of methoxy groups -OCH3 is 1. The lowest BCUT2D eigenvalue weighted by Gasteiger charge is -2.13. The third kappa shape index (κ3) is 9.49. The smallest absolute Gasteiger partial charge is 0.160 e. The minimum Gasteiger partial charge on any atom is -0.496 e. The molecule has 0 amide bonds. The minimum absolute atomic E-state index is 0.0309. The molecule has 0 saturated carbocycles. The van der Waals surface area contributed by atoms with Crippen LogP contribution >= 0.6 is 0 Å². The lowest BCUT2D eigenvalue weighted by molar-refractivity contribution is -0.113. The van der Waals surface area contributed by atoms with Crippen molar-refractivity contribution in [3.05, 3.63) is 101 Å². The van der Waals surface area contributed by atoms with Gasteiger partial charge in [0.2, 0.25) is 0 Å². The number of ether oxygens (including phenoxy) is 3. The van der Waals surface area contributed by atoms with Crippen LogP contribution in [-0.4, -0.2) is 46.5 Å². The molecule has 4 aromatic rings. The van der Waals surface area contributed by atoms with E-state index in [0.29, 0.717) is 19.0 Å². The number of allylic oxidation sites excluding steroid dienone is 1. The van der Waals surface area contributed by atoms with Gasteiger partial charge in [-0.1, -0.05) is 37.6 Å². The van der Waals surface area contributed by atoms with Crippen molar-refractivity contribution in [2.45, 2.75) is 64.2 Å². The molecular weight excluding hydrogens is 584 g/mol. The summed E-state index contributed by atoms with van der Waals surface area (Å²) >= 11 is 0. The van der Waals surface area contributed by atoms with E-state index < -0.39 is 10.8 Å². The maximum Gasteiger partial charge on any atom is 0.160 e. The van der Waals surface area contributed by atoms with E-state index in [1.54, 1.807) is 19.5 Å². The molecule has 0 aliphatic heterocycles. The van der Waals surface area contributed by atoms with Crippen molar-refractivity contribution < 1.29 is 23.2 Å². The van der Waals surface area contributed by atoms with Crippen LogP contribution in [0.2, 0.25) is 0 Å². The van der Waals surface area contributed by atoms with Gasteiger partial charge in [0.25, 0.3) is 0 Å². The fourth-order valence-electron chi connectivity index (χ4n) is 5.06. The quantitative estimate of drug-likeness (QED) is 0.0889. The Balaban J connectivity index is 1.38. The van der Waals surface area contributed by atoms with Crippen molar-refractivity contribution >= 4 is 22.7 Å². The summed E-state index contributed by atoms with van der Waals surface area (Å²) in [6.07, 6.45) is 7.63. The zero-order valence-electron chi connectivity index (χ0n) is 27.0. The molecule has 4 rings (SSSR count). The van der Waals surface area contributed by atoms with Crippen LogP contribution in [0, 0.1) is 13.8 Å². The largest absolute Gasteiger partial charge is 0.496 e. The topological polar surface area (TPSA) is 79.7 Å². The number of aryl methyl sites for hydroxylation is 3. The van der Waals surface area contributed by atoms with Crippen LogP contribution < -0.4 is 9.47 Å². The van der Waals surface area contributed by atoms with E-state index in [1.165, 1.54) is 0 Å². The summed E-state index contributed by atoms with van der Waals surface area (Å²) in [6.45, 7) is 10.8. The van der Waals surface area contributed by atoms with Crippen molar-refractivity contribution in [2.75, 3.05) is 26.9 Å². The molecule has 1 aromatic heterocycles. The maximum absolute atomic E-state index is 13.0. The molecule has 0 spiro atoms. The third-order valence-corrected chi connectivity index (χ3v) is 8.94. The Morgan fingerprint density at radius 2 is 1.71 bits per heavy atom. The number of hydrogen-bond acceptors (Lipinski definition) is 6. The van der Waals surface area contributed by atoms with Gasteiger partial charge in [0.15, 0.2) is 5.78 Å². The number of aromatic nitrogens is 2. The first-order chi connectivity index (χ1) is 21.8. The summed E-state index contributed by atoms with van der Waals surface area (Å²) in [5, 5.41) is 0. The van der Waals surface area contributed by atoms with E-state index in [2.05, 4.69) is 18.0 Å². The summed E-state index contributed by atoms with van der Waals surface area (Å²) in [5.41, 5.74) is 6.63. The van der Waals surface area contributed by atoms with E-state index in [-0.39, 0.29) is 12.2 Å². The Bertz CT molecular complexity index is 1610. The first-order valence-corrected chi connectivity index (χ1v) is 16.8. The molecule has 238 valence electrons. The summed E-state index contributed by atoms with van der Waals surface area (Å²) in [5.74, 6) is 1.91. The first kappa shape index (κ1) is 33.9. The highest BCUT2D eigenvalue weighted by atomic mass is 32.2.